The Morgan fingerprint density at radius 2 is 2.17 bits per heavy atom. The monoisotopic (exact) mass is 337 g/mol. The highest BCUT2D eigenvalue weighted by molar-refractivity contribution is 7.99. The standard InChI is InChI=1S/C17H27N3O2S/c21-15-3-1-2-12-10-20(11-14(12)19-15)16(22)18-9-13-8-17(13)4-6-23-7-5-17/h12-14H,1-11H2,(H,18,22)(H,19,21). The maximum Gasteiger partial charge on any atom is 0.317 e. The lowest BCUT2D eigenvalue weighted by Crippen LogP contribution is -2.43. The van der Waals surface area contributed by atoms with Crippen molar-refractivity contribution in [2.24, 2.45) is 17.3 Å². The van der Waals surface area contributed by atoms with E-state index in [2.05, 4.69) is 22.4 Å². The first-order chi connectivity index (χ1) is 11.2. The van der Waals surface area contributed by atoms with E-state index in [1.54, 1.807) is 0 Å². The molecular formula is C17H27N3O2S. The molecule has 0 aromatic rings. The average Bonchev–Trinajstić information content (AvgIpc) is 3.11. The summed E-state index contributed by atoms with van der Waals surface area (Å²) in [5, 5.41) is 6.25. The first-order valence-corrected chi connectivity index (χ1v) is 10.2. The third-order valence-electron chi connectivity index (χ3n) is 6.40. The summed E-state index contributed by atoms with van der Waals surface area (Å²) in [4.78, 5) is 26.0. The zero-order valence-electron chi connectivity index (χ0n) is 13.7. The van der Waals surface area contributed by atoms with Crippen LogP contribution in [0.25, 0.3) is 0 Å². The fourth-order valence-electron chi connectivity index (χ4n) is 4.73. The first-order valence-electron chi connectivity index (χ1n) is 9.06. The average molecular weight is 337 g/mol. The van der Waals surface area contributed by atoms with Gasteiger partial charge in [0.25, 0.3) is 0 Å². The molecule has 0 radical (unpaired) electrons. The molecule has 3 atom stereocenters. The molecule has 3 amide bonds. The molecule has 4 rings (SSSR count). The minimum atomic E-state index is 0.0690. The van der Waals surface area contributed by atoms with E-state index in [1.807, 2.05) is 4.90 Å². The molecule has 4 fully saturated rings. The number of hydrogen-bond donors (Lipinski definition) is 2. The lowest BCUT2D eigenvalue weighted by atomic mass is 9.96. The molecule has 3 saturated heterocycles. The number of carbonyl (C=O) groups excluding carboxylic acids is 2. The molecule has 0 aromatic heterocycles. The summed E-state index contributed by atoms with van der Waals surface area (Å²) in [5.74, 6) is 3.86. The number of nitrogens with zero attached hydrogens (tertiary/aromatic N) is 1. The van der Waals surface area contributed by atoms with Gasteiger partial charge in [-0.25, -0.2) is 4.79 Å². The number of amides is 3. The maximum atomic E-state index is 12.5. The van der Waals surface area contributed by atoms with Crippen molar-refractivity contribution in [1.82, 2.24) is 15.5 Å². The molecule has 0 bridgehead atoms. The van der Waals surface area contributed by atoms with Gasteiger partial charge in [0.2, 0.25) is 5.91 Å². The van der Waals surface area contributed by atoms with Crippen LogP contribution < -0.4 is 10.6 Å². The number of likely N-dealkylation sites (tertiary alicyclic amines) is 1. The smallest absolute Gasteiger partial charge is 0.317 e. The van der Waals surface area contributed by atoms with Gasteiger partial charge in [0.15, 0.2) is 0 Å². The summed E-state index contributed by atoms with van der Waals surface area (Å²) in [6.07, 6.45) is 6.61. The third kappa shape index (κ3) is 3.19. The Kier molecular flexibility index (Phi) is 4.20. The van der Waals surface area contributed by atoms with Gasteiger partial charge in [-0.1, -0.05) is 0 Å². The second-order valence-corrected chi connectivity index (χ2v) is 9.02. The lowest BCUT2D eigenvalue weighted by molar-refractivity contribution is -0.121. The maximum absolute atomic E-state index is 12.5. The molecule has 1 spiro atoms. The number of urea groups is 1. The topological polar surface area (TPSA) is 61.4 Å². The quantitative estimate of drug-likeness (QED) is 0.808. The summed E-state index contributed by atoms with van der Waals surface area (Å²) in [6, 6.07) is 0.234. The van der Waals surface area contributed by atoms with Crippen LogP contribution in [0.3, 0.4) is 0 Å². The fourth-order valence-corrected chi connectivity index (χ4v) is 6.04. The van der Waals surface area contributed by atoms with Crippen LogP contribution in [0.15, 0.2) is 0 Å². The predicted molar refractivity (Wildman–Crippen MR) is 91.3 cm³/mol. The molecule has 6 heteroatoms. The summed E-state index contributed by atoms with van der Waals surface area (Å²) in [5.41, 5.74) is 0.559. The second-order valence-electron chi connectivity index (χ2n) is 7.79. The van der Waals surface area contributed by atoms with Crippen molar-refractivity contribution in [2.75, 3.05) is 31.1 Å². The Balaban J connectivity index is 1.25. The SMILES string of the molecule is O=C1CCCC2CN(C(=O)NCC3CC34CCSCC4)CC2N1. The lowest BCUT2D eigenvalue weighted by Gasteiger charge is -2.23. The van der Waals surface area contributed by atoms with E-state index in [1.165, 1.54) is 30.8 Å². The summed E-state index contributed by atoms with van der Waals surface area (Å²) >= 11 is 2.07. The summed E-state index contributed by atoms with van der Waals surface area (Å²) in [6.45, 7) is 2.31. The van der Waals surface area contributed by atoms with Crippen LogP contribution in [0.4, 0.5) is 4.79 Å². The Labute approximate surface area is 142 Å². The Morgan fingerprint density at radius 3 is 3.00 bits per heavy atom. The van der Waals surface area contributed by atoms with Gasteiger partial charge in [0.1, 0.15) is 0 Å². The van der Waals surface area contributed by atoms with Gasteiger partial charge in [-0.05, 0) is 60.9 Å². The van der Waals surface area contributed by atoms with Crippen molar-refractivity contribution in [3.05, 3.63) is 0 Å². The zero-order valence-corrected chi connectivity index (χ0v) is 14.5. The van der Waals surface area contributed by atoms with Crippen LogP contribution in [0.2, 0.25) is 0 Å². The molecule has 128 valence electrons. The molecule has 2 N–H and O–H groups in total. The van der Waals surface area contributed by atoms with Crippen molar-refractivity contribution < 1.29 is 9.59 Å². The first kappa shape index (κ1) is 15.6. The van der Waals surface area contributed by atoms with Crippen molar-refractivity contribution in [3.63, 3.8) is 0 Å². The number of carbonyl (C=O) groups is 2. The number of rotatable bonds is 2. The third-order valence-corrected chi connectivity index (χ3v) is 7.39. The van der Waals surface area contributed by atoms with Crippen LogP contribution in [0.1, 0.15) is 38.5 Å². The normalized spacial score (nSPS) is 35.4. The van der Waals surface area contributed by atoms with E-state index in [0.29, 0.717) is 30.2 Å². The van der Waals surface area contributed by atoms with Gasteiger partial charge in [-0.2, -0.15) is 11.8 Å². The van der Waals surface area contributed by atoms with Gasteiger partial charge in [0.05, 0.1) is 6.04 Å². The van der Waals surface area contributed by atoms with E-state index < -0.39 is 0 Å². The molecule has 4 aliphatic rings. The van der Waals surface area contributed by atoms with Crippen molar-refractivity contribution in [3.8, 4) is 0 Å². The van der Waals surface area contributed by atoms with Crippen LogP contribution in [-0.4, -0.2) is 54.0 Å². The largest absolute Gasteiger partial charge is 0.351 e. The van der Waals surface area contributed by atoms with Crippen LogP contribution in [0.5, 0.6) is 0 Å². The highest BCUT2D eigenvalue weighted by atomic mass is 32.2. The minimum Gasteiger partial charge on any atom is -0.351 e. The summed E-state index contributed by atoms with van der Waals surface area (Å²) < 4.78 is 0. The van der Waals surface area contributed by atoms with E-state index in [0.717, 1.165) is 25.9 Å². The number of fused-ring (bicyclic) bond motifs is 1. The zero-order chi connectivity index (χ0) is 15.9. The fraction of sp³-hybridized carbons (Fsp3) is 0.882. The van der Waals surface area contributed by atoms with Crippen molar-refractivity contribution in [1.29, 1.82) is 0 Å². The van der Waals surface area contributed by atoms with Crippen LogP contribution >= 0.6 is 11.8 Å². The van der Waals surface area contributed by atoms with Gasteiger partial charge in [-0.15, -0.1) is 0 Å². The van der Waals surface area contributed by atoms with Crippen molar-refractivity contribution >= 4 is 23.7 Å². The van der Waals surface area contributed by atoms with E-state index in [9.17, 15) is 9.59 Å². The summed E-state index contributed by atoms with van der Waals surface area (Å²) in [7, 11) is 0. The molecule has 1 aliphatic carbocycles. The number of thioether (sulfide) groups is 1. The highest BCUT2D eigenvalue weighted by Crippen LogP contribution is 2.60. The molecule has 0 aromatic carbocycles. The van der Waals surface area contributed by atoms with Crippen LogP contribution in [-0.2, 0) is 4.79 Å². The Hall–Kier alpha value is -0.910. The van der Waals surface area contributed by atoms with Gasteiger partial charge >= 0.3 is 6.03 Å². The molecule has 1 saturated carbocycles. The van der Waals surface area contributed by atoms with Crippen molar-refractivity contribution in [2.45, 2.75) is 44.6 Å². The van der Waals surface area contributed by atoms with Crippen LogP contribution in [0, 0.1) is 17.3 Å². The Morgan fingerprint density at radius 1 is 1.35 bits per heavy atom. The molecule has 3 aliphatic heterocycles. The number of hydrogen-bond acceptors (Lipinski definition) is 3. The van der Waals surface area contributed by atoms with Gasteiger partial charge < -0.3 is 15.5 Å². The highest BCUT2D eigenvalue weighted by Gasteiger charge is 2.53. The van der Waals surface area contributed by atoms with E-state index in [4.69, 9.17) is 0 Å². The van der Waals surface area contributed by atoms with E-state index >= 15 is 0 Å². The van der Waals surface area contributed by atoms with Gasteiger partial charge in [0, 0.05) is 26.1 Å². The predicted octanol–water partition coefficient (Wildman–Crippen LogP) is 1.83. The molecular weight excluding hydrogens is 310 g/mol. The second kappa shape index (κ2) is 6.19. The molecule has 3 heterocycles. The molecule has 23 heavy (non-hydrogen) atoms. The number of nitrogens with one attached hydrogen (secondary N) is 2. The molecule has 3 unspecified atom stereocenters. The minimum absolute atomic E-state index is 0.0690. The molecule has 5 nitrogen and oxygen atoms in total. The van der Waals surface area contributed by atoms with Gasteiger partial charge in [-0.3, -0.25) is 4.79 Å². The Bertz CT molecular complexity index is 492. The van der Waals surface area contributed by atoms with E-state index in [-0.39, 0.29) is 18.0 Å².